The lowest BCUT2D eigenvalue weighted by Gasteiger charge is -2.29. The van der Waals surface area contributed by atoms with Gasteiger partial charge < -0.3 is 9.13 Å². The highest BCUT2D eigenvalue weighted by molar-refractivity contribution is 6.09. The number of aromatic nitrogens is 2. The highest BCUT2D eigenvalue weighted by atomic mass is 15.0. The predicted molar refractivity (Wildman–Crippen MR) is 189 cm³/mol. The number of benzene rings is 5. The van der Waals surface area contributed by atoms with Crippen LogP contribution in [-0.2, 0) is 12.8 Å². The summed E-state index contributed by atoms with van der Waals surface area (Å²) in [5.74, 6) is 0.334. The summed E-state index contributed by atoms with van der Waals surface area (Å²) in [5, 5.41) is 2.70. The third kappa shape index (κ3) is 4.02. The van der Waals surface area contributed by atoms with Gasteiger partial charge in [-0.25, -0.2) is 0 Å². The monoisotopic (exact) mass is 578 g/mol. The molecule has 0 bridgehead atoms. The molecule has 2 unspecified atom stereocenters. The van der Waals surface area contributed by atoms with Crippen LogP contribution in [0.1, 0.15) is 29.9 Å². The zero-order valence-electron chi connectivity index (χ0n) is 25.4. The topological polar surface area (TPSA) is 9.86 Å². The molecule has 2 aliphatic carbocycles. The highest BCUT2D eigenvalue weighted by Gasteiger charge is 2.33. The van der Waals surface area contributed by atoms with E-state index in [1.807, 2.05) is 0 Å². The lowest BCUT2D eigenvalue weighted by molar-refractivity contribution is 0.485. The van der Waals surface area contributed by atoms with E-state index in [4.69, 9.17) is 0 Å². The molecule has 5 aromatic carbocycles. The second-order valence-electron chi connectivity index (χ2n) is 12.5. The van der Waals surface area contributed by atoms with Gasteiger partial charge in [0.05, 0.1) is 11.6 Å². The van der Waals surface area contributed by atoms with Gasteiger partial charge in [-0.05, 0) is 65.3 Å². The minimum atomic E-state index is 0.246. The molecule has 0 N–H and O–H groups in total. The van der Waals surface area contributed by atoms with Crippen LogP contribution in [0.25, 0.3) is 55.3 Å². The van der Waals surface area contributed by atoms with Crippen molar-refractivity contribution in [3.8, 4) is 27.9 Å². The Morgan fingerprint density at radius 3 is 1.89 bits per heavy atom. The summed E-state index contributed by atoms with van der Waals surface area (Å²) in [6.07, 6.45) is 9.34. The average molecular weight is 579 g/mol. The van der Waals surface area contributed by atoms with E-state index in [2.05, 4.69) is 168 Å². The third-order valence-electron chi connectivity index (χ3n) is 9.92. The minimum absolute atomic E-state index is 0.246. The molecule has 0 saturated heterocycles. The van der Waals surface area contributed by atoms with Crippen LogP contribution in [0.2, 0.25) is 0 Å². The molecular formula is C43H34N2. The fraction of sp³-hybridized carbons (Fsp3) is 0.116. The first kappa shape index (κ1) is 26.1. The van der Waals surface area contributed by atoms with Gasteiger partial charge in [-0.3, -0.25) is 0 Å². The molecule has 0 aliphatic heterocycles. The van der Waals surface area contributed by atoms with Crippen molar-refractivity contribution in [2.75, 3.05) is 0 Å². The molecule has 2 heteroatoms. The molecule has 216 valence electrons. The van der Waals surface area contributed by atoms with E-state index in [9.17, 15) is 0 Å². The normalized spacial score (nSPS) is 17.3. The highest BCUT2D eigenvalue weighted by Crippen LogP contribution is 2.49. The predicted octanol–water partition coefficient (Wildman–Crippen LogP) is 10.8. The SMILES string of the molecule is CC1C=C(c2ccccc2-c2ccccc2)C=CC1n1c2c(c3ccccc31)-c1c(n(-c3ccccc3)c3ccccc13)CC2. The van der Waals surface area contributed by atoms with E-state index in [0.29, 0.717) is 5.92 Å². The lowest BCUT2D eigenvalue weighted by atomic mass is 9.86. The number of hydrogen-bond donors (Lipinski definition) is 0. The molecule has 2 nitrogen and oxygen atoms in total. The first-order chi connectivity index (χ1) is 22.3. The van der Waals surface area contributed by atoms with Gasteiger partial charge in [0.25, 0.3) is 0 Å². The van der Waals surface area contributed by atoms with E-state index in [1.165, 1.54) is 72.3 Å². The molecule has 0 fully saturated rings. The van der Waals surface area contributed by atoms with E-state index in [0.717, 1.165) is 12.8 Å². The van der Waals surface area contributed by atoms with Crippen molar-refractivity contribution in [2.24, 2.45) is 5.92 Å². The van der Waals surface area contributed by atoms with Crippen LogP contribution in [0, 0.1) is 5.92 Å². The van der Waals surface area contributed by atoms with Gasteiger partial charge in [0, 0.05) is 44.5 Å². The third-order valence-corrected chi connectivity index (χ3v) is 9.92. The molecule has 2 atom stereocenters. The van der Waals surface area contributed by atoms with E-state index >= 15 is 0 Å². The summed E-state index contributed by atoms with van der Waals surface area (Å²) >= 11 is 0. The van der Waals surface area contributed by atoms with Crippen molar-refractivity contribution in [3.63, 3.8) is 0 Å². The molecule has 2 heterocycles. The fourth-order valence-corrected chi connectivity index (χ4v) is 8.02. The maximum Gasteiger partial charge on any atom is 0.0583 e. The summed E-state index contributed by atoms with van der Waals surface area (Å²) < 4.78 is 5.17. The maximum absolute atomic E-state index is 2.67. The number of nitrogens with zero attached hydrogens (tertiary/aromatic N) is 2. The molecule has 2 aliphatic rings. The minimum Gasteiger partial charge on any atom is -0.336 e. The van der Waals surface area contributed by atoms with Gasteiger partial charge in [-0.15, -0.1) is 0 Å². The number of allylic oxidation sites excluding steroid dienone is 4. The molecule has 0 amide bonds. The molecule has 0 radical (unpaired) electrons. The molecule has 0 saturated carbocycles. The van der Waals surface area contributed by atoms with Gasteiger partial charge >= 0.3 is 0 Å². The number of fused-ring (bicyclic) bond motifs is 7. The number of rotatable bonds is 4. The van der Waals surface area contributed by atoms with Crippen molar-refractivity contribution in [1.82, 2.24) is 9.13 Å². The number of hydrogen-bond acceptors (Lipinski definition) is 0. The van der Waals surface area contributed by atoms with Gasteiger partial charge in [0.2, 0.25) is 0 Å². The molecule has 9 rings (SSSR count). The van der Waals surface area contributed by atoms with Crippen LogP contribution in [0.4, 0.5) is 0 Å². The largest absolute Gasteiger partial charge is 0.336 e. The van der Waals surface area contributed by atoms with Crippen LogP contribution in [0.5, 0.6) is 0 Å². The van der Waals surface area contributed by atoms with Crippen molar-refractivity contribution < 1.29 is 0 Å². The molecular weight excluding hydrogens is 544 g/mol. The summed E-state index contributed by atoms with van der Waals surface area (Å²) in [5.41, 5.74) is 14.7. The second-order valence-corrected chi connectivity index (χ2v) is 12.5. The zero-order valence-corrected chi connectivity index (χ0v) is 25.4. The average Bonchev–Trinajstić information content (AvgIpc) is 3.62. The van der Waals surface area contributed by atoms with E-state index < -0.39 is 0 Å². The van der Waals surface area contributed by atoms with Gasteiger partial charge in [-0.1, -0.05) is 134 Å². The van der Waals surface area contributed by atoms with Gasteiger partial charge in [-0.2, -0.15) is 0 Å². The summed E-state index contributed by atoms with van der Waals surface area (Å²) in [4.78, 5) is 0. The van der Waals surface area contributed by atoms with Crippen molar-refractivity contribution in [3.05, 3.63) is 169 Å². The van der Waals surface area contributed by atoms with Crippen LogP contribution >= 0.6 is 0 Å². The smallest absolute Gasteiger partial charge is 0.0583 e. The summed E-state index contributed by atoms with van der Waals surface area (Å²) in [7, 11) is 0. The van der Waals surface area contributed by atoms with Crippen LogP contribution in [0.3, 0.4) is 0 Å². The maximum atomic E-state index is 2.67. The summed E-state index contributed by atoms with van der Waals surface area (Å²) in [6.45, 7) is 2.38. The van der Waals surface area contributed by atoms with Gasteiger partial charge in [0.15, 0.2) is 0 Å². The number of para-hydroxylation sites is 3. The zero-order chi connectivity index (χ0) is 29.9. The van der Waals surface area contributed by atoms with E-state index in [-0.39, 0.29) is 6.04 Å². The first-order valence-electron chi connectivity index (χ1n) is 16.1. The van der Waals surface area contributed by atoms with E-state index in [1.54, 1.807) is 0 Å². The van der Waals surface area contributed by atoms with Crippen molar-refractivity contribution >= 4 is 27.4 Å². The Bertz CT molecular complexity index is 2280. The Morgan fingerprint density at radius 2 is 1.13 bits per heavy atom. The summed E-state index contributed by atoms with van der Waals surface area (Å²) in [6, 6.07) is 48.7. The van der Waals surface area contributed by atoms with Crippen molar-refractivity contribution in [2.45, 2.75) is 25.8 Å². The Kier molecular flexibility index (Phi) is 6.02. The van der Waals surface area contributed by atoms with Gasteiger partial charge in [0.1, 0.15) is 0 Å². The Morgan fingerprint density at radius 1 is 0.556 bits per heavy atom. The molecule has 2 aromatic heterocycles. The molecule has 7 aromatic rings. The van der Waals surface area contributed by atoms with Crippen molar-refractivity contribution in [1.29, 1.82) is 0 Å². The van der Waals surface area contributed by atoms with Crippen LogP contribution in [0.15, 0.2) is 152 Å². The first-order valence-corrected chi connectivity index (χ1v) is 16.1. The Balaban J connectivity index is 1.20. The quantitative estimate of drug-likeness (QED) is 0.197. The standard InChI is InChI=1S/C43H34N2/c1-29-28-31(34-19-9-8-18-33(34)30-14-4-2-5-15-30)24-25-37(29)45-39-23-13-11-21-36(39)43-41(45)27-26-40-42(43)35-20-10-12-22-38(35)44(40)32-16-6-3-7-17-32/h2-25,28-29,37H,26-27H2,1H3. The Labute approximate surface area is 264 Å². The fourth-order valence-electron chi connectivity index (χ4n) is 8.02. The second kappa shape index (κ2) is 10.4. The Hall–Kier alpha value is -5.34. The van der Waals surface area contributed by atoms with Crippen LogP contribution in [-0.4, -0.2) is 9.13 Å². The van der Waals surface area contributed by atoms with Crippen LogP contribution < -0.4 is 0 Å². The molecule has 45 heavy (non-hydrogen) atoms. The molecule has 0 spiro atoms. The lowest BCUT2D eigenvalue weighted by Crippen LogP contribution is -2.20.